The summed E-state index contributed by atoms with van der Waals surface area (Å²) in [5.74, 6) is 0.527. The molecule has 3 aromatic rings. The molecule has 0 saturated carbocycles. The molecule has 4 nitrogen and oxygen atoms in total. The number of para-hydroxylation sites is 1. The third-order valence-corrected chi connectivity index (χ3v) is 7.71. The largest absolute Gasteiger partial charge is 0.487 e. The molecule has 1 saturated heterocycles. The summed E-state index contributed by atoms with van der Waals surface area (Å²) < 4.78 is 8.64. The Kier molecular flexibility index (Phi) is 7.73. The number of benzene rings is 3. The van der Waals surface area contributed by atoms with Crippen molar-refractivity contribution >= 4 is 91.2 Å². The first kappa shape index (κ1) is 24.2. The van der Waals surface area contributed by atoms with Gasteiger partial charge in [0.15, 0.2) is 4.32 Å². The Balaban J connectivity index is 1.68. The van der Waals surface area contributed by atoms with Gasteiger partial charge in [0.25, 0.3) is 5.91 Å². The van der Waals surface area contributed by atoms with Crippen LogP contribution in [0.3, 0.4) is 0 Å². The maximum Gasteiger partial charge on any atom is 0.270 e. The van der Waals surface area contributed by atoms with Crippen LogP contribution in [0.4, 0.5) is 5.69 Å². The fourth-order valence-corrected chi connectivity index (χ4v) is 6.70. The van der Waals surface area contributed by atoms with Crippen LogP contribution >= 0.6 is 69.2 Å². The van der Waals surface area contributed by atoms with Crippen LogP contribution in [0.15, 0.2) is 65.6 Å². The molecular formula is C25H16I2N2O2S2. The van der Waals surface area contributed by atoms with E-state index in [1.165, 1.54) is 11.8 Å². The number of aryl methyl sites for hydroxylation is 1. The van der Waals surface area contributed by atoms with E-state index in [9.17, 15) is 10.1 Å². The van der Waals surface area contributed by atoms with Gasteiger partial charge < -0.3 is 4.74 Å². The van der Waals surface area contributed by atoms with Crippen molar-refractivity contribution in [3.63, 3.8) is 0 Å². The quantitative estimate of drug-likeness (QED) is 0.163. The minimum absolute atomic E-state index is 0.144. The monoisotopic (exact) mass is 694 g/mol. The maximum absolute atomic E-state index is 13.3. The van der Waals surface area contributed by atoms with Crippen LogP contribution in [-0.4, -0.2) is 10.2 Å². The van der Waals surface area contributed by atoms with E-state index in [2.05, 4.69) is 51.3 Å². The van der Waals surface area contributed by atoms with Crippen LogP contribution in [0.25, 0.3) is 6.08 Å². The Morgan fingerprint density at radius 2 is 1.88 bits per heavy atom. The third kappa shape index (κ3) is 5.26. The van der Waals surface area contributed by atoms with E-state index in [1.807, 2.05) is 67.6 Å². The van der Waals surface area contributed by atoms with Crippen molar-refractivity contribution in [2.24, 2.45) is 0 Å². The van der Waals surface area contributed by atoms with E-state index < -0.39 is 0 Å². The predicted octanol–water partition coefficient (Wildman–Crippen LogP) is 7.06. The van der Waals surface area contributed by atoms with Gasteiger partial charge in [0.05, 0.1) is 25.8 Å². The minimum Gasteiger partial charge on any atom is -0.487 e. The molecule has 0 bridgehead atoms. The second-order valence-electron chi connectivity index (χ2n) is 7.17. The molecule has 164 valence electrons. The van der Waals surface area contributed by atoms with Gasteiger partial charge in [-0.2, -0.15) is 5.26 Å². The van der Waals surface area contributed by atoms with E-state index in [-0.39, 0.29) is 12.5 Å². The highest BCUT2D eigenvalue weighted by Gasteiger charge is 2.34. The van der Waals surface area contributed by atoms with Crippen LogP contribution < -0.4 is 9.64 Å². The Bertz CT molecular complexity index is 1350. The first-order valence-electron chi connectivity index (χ1n) is 9.82. The number of carbonyl (C=O) groups is 1. The van der Waals surface area contributed by atoms with Gasteiger partial charge in [-0.3, -0.25) is 9.69 Å². The lowest BCUT2D eigenvalue weighted by Crippen LogP contribution is -2.28. The van der Waals surface area contributed by atoms with Gasteiger partial charge in [-0.1, -0.05) is 60.4 Å². The second-order valence-corrected chi connectivity index (χ2v) is 11.3. The molecule has 0 atom stereocenters. The van der Waals surface area contributed by atoms with Crippen molar-refractivity contribution in [3.05, 3.63) is 95.0 Å². The van der Waals surface area contributed by atoms with Gasteiger partial charge in [0.2, 0.25) is 0 Å². The fraction of sp³-hybridized carbons (Fsp3) is 0.0800. The zero-order valence-corrected chi connectivity index (χ0v) is 23.3. The van der Waals surface area contributed by atoms with Crippen LogP contribution in [-0.2, 0) is 11.4 Å². The number of thioether (sulfide) groups is 1. The number of carbonyl (C=O) groups excluding carboxylic acids is 1. The number of halogens is 2. The van der Waals surface area contributed by atoms with Gasteiger partial charge in [-0.15, -0.1) is 0 Å². The lowest BCUT2D eigenvalue weighted by molar-refractivity contribution is -0.113. The van der Waals surface area contributed by atoms with Crippen LogP contribution in [0.5, 0.6) is 5.75 Å². The highest BCUT2D eigenvalue weighted by atomic mass is 127. The molecule has 1 heterocycles. The number of hydrogen-bond donors (Lipinski definition) is 0. The smallest absolute Gasteiger partial charge is 0.270 e. The summed E-state index contributed by atoms with van der Waals surface area (Å²) in [7, 11) is 0. The zero-order valence-electron chi connectivity index (χ0n) is 17.3. The van der Waals surface area contributed by atoms with Crippen molar-refractivity contribution < 1.29 is 9.53 Å². The van der Waals surface area contributed by atoms with E-state index in [4.69, 9.17) is 17.0 Å². The van der Waals surface area contributed by atoms with Crippen LogP contribution in [0, 0.1) is 25.4 Å². The number of nitriles is 1. The summed E-state index contributed by atoms with van der Waals surface area (Å²) in [4.78, 5) is 15.4. The number of amides is 1. The van der Waals surface area contributed by atoms with Gasteiger partial charge in [-0.25, -0.2) is 0 Å². The van der Waals surface area contributed by atoms with E-state index in [1.54, 1.807) is 11.0 Å². The molecule has 4 rings (SSSR count). The van der Waals surface area contributed by atoms with E-state index in [0.717, 1.165) is 29.5 Å². The highest BCUT2D eigenvalue weighted by Crippen LogP contribution is 2.39. The molecule has 0 aromatic heterocycles. The summed E-state index contributed by atoms with van der Waals surface area (Å²) in [5.41, 5.74) is 3.97. The van der Waals surface area contributed by atoms with E-state index >= 15 is 0 Å². The number of anilines is 1. The number of rotatable bonds is 5. The Morgan fingerprint density at radius 3 is 2.64 bits per heavy atom. The third-order valence-electron chi connectivity index (χ3n) is 4.98. The molecule has 1 fully saturated rings. The highest BCUT2D eigenvalue weighted by molar-refractivity contribution is 14.1. The SMILES string of the molecule is Cc1ccccc1N1C(=O)C(=Cc2cc(I)cc(I)c2OCc2ccccc2C#N)SC1=S. The standard InChI is InChI=1S/C25H16I2N2O2S2/c1-15-6-2-5-9-21(15)29-24(30)22(33-25(29)32)11-18-10-19(26)12-20(27)23(18)31-14-17-8-4-3-7-16(17)13-28/h2-12H,14H2,1H3. The molecule has 1 aliphatic rings. The molecule has 0 unspecified atom stereocenters. The molecule has 0 aliphatic carbocycles. The average molecular weight is 694 g/mol. The Labute approximate surface area is 229 Å². The molecule has 8 heteroatoms. The van der Waals surface area contributed by atoms with Crippen molar-refractivity contribution in [3.8, 4) is 11.8 Å². The molecule has 3 aromatic carbocycles. The van der Waals surface area contributed by atoms with Gasteiger partial charge in [-0.05, 0) is 88.0 Å². The first-order valence-corrected chi connectivity index (χ1v) is 13.2. The lowest BCUT2D eigenvalue weighted by atomic mass is 10.1. The number of ether oxygens (including phenoxy) is 1. The summed E-state index contributed by atoms with van der Waals surface area (Å²) in [6, 6.07) is 21.3. The van der Waals surface area contributed by atoms with Crippen LogP contribution in [0.1, 0.15) is 22.3 Å². The summed E-state index contributed by atoms with van der Waals surface area (Å²) in [6.07, 6.45) is 1.84. The minimum atomic E-state index is -0.144. The Hall–Kier alpha value is -1.94. The second kappa shape index (κ2) is 10.5. The van der Waals surface area contributed by atoms with Crippen molar-refractivity contribution in [1.82, 2.24) is 0 Å². The van der Waals surface area contributed by atoms with Gasteiger partial charge in [0.1, 0.15) is 12.4 Å². The zero-order chi connectivity index (χ0) is 23.5. The van der Waals surface area contributed by atoms with E-state index in [0.29, 0.717) is 20.5 Å². The lowest BCUT2D eigenvalue weighted by Gasteiger charge is -2.17. The van der Waals surface area contributed by atoms with Gasteiger partial charge >= 0.3 is 0 Å². The van der Waals surface area contributed by atoms with Crippen molar-refractivity contribution in [2.45, 2.75) is 13.5 Å². The fourth-order valence-electron chi connectivity index (χ4n) is 3.38. The summed E-state index contributed by atoms with van der Waals surface area (Å²) in [5, 5.41) is 9.37. The number of thiocarbonyl (C=S) groups is 1. The Morgan fingerprint density at radius 1 is 1.15 bits per heavy atom. The summed E-state index contributed by atoms with van der Waals surface area (Å²) >= 11 is 11.3. The predicted molar refractivity (Wildman–Crippen MR) is 154 cm³/mol. The average Bonchev–Trinajstić information content (AvgIpc) is 3.06. The molecule has 1 aliphatic heterocycles. The van der Waals surface area contributed by atoms with Crippen LogP contribution in [0.2, 0.25) is 0 Å². The first-order chi connectivity index (χ1) is 15.9. The molecule has 0 spiro atoms. The number of hydrogen-bond acceptors (Lipinski definition) is 5. The topological polar surface area (TPSA) is 53.3 Å². The molecule has 0 N–H and O–H groups in total. The number of nitrogens with zero attached hydrogens (tertiary/aromatic N) is 2. The molecular weight excluding hydrogens is 678 g/mol. The van der Waals surface area contributed by atoms with Crippen molar-refractivity contribution in [1.29, 1.82) is 5.26 Å². The summed E-state index contributed by atoms with van der Waals surface area (Å²) in [6.45, 7) is 2.22. The molecule has 33 heavy (non-hydrogen) atoms. The maximum atomic E-state index is 13.3. The molecule has 0 radical (unpaired) electrons. The normalized spacial score (nSPS) is 14.6. The van der Waals surface area contributed by atoms with Gasteiger partial charge in [0, 0.05) is 14.7 Å². The van der Waals surface area contributed by atoms with Crippen molar-refractivity contribution in [2.75, 3.05) is 4.90 Å². The molecule has 1 amide bonds.